The van der Waals surface area contributed by atoms with E-state index in [1.165, 1.54) is 12.4 Å². The average Bonchev–Trinajstić information content (AvgIpc) is 2.81. The Morgan fingerprint density at radius 2 is 2.17 bits per heavy atom. The minimum Gasteiger partial charge on any atom is -0.391 e. The lowest BCUT2D eigenvalue weighted by atomic mass is 10.1. The molecule has 2 aliphatic rings. The number of hydrogen-bond donors (Lipinski definition) is 1. The van der Waals surface area contributed by atoms with Crippen molar-refractivity contribution in [1.82, 2.24) is 9.97 Å². The Labute approximate surface area is 138 Å². The number of aliphatic hydroxyl groups is 1. The van der Waals surface area contributed by atoms with E-state index in [-0.39, 0.29) is 6.04 Å². The Morgan fingerprint density at radius 3 is 3.00 bits per heavy atom. The first kappa shape index (κ1) is 14.7. The lowest BCUT2D eigenvalue weighted by Crippen LogP contribution is -2.38. The fraction of sp³-hybridized carbons (Fsp3) is 0.375. The predicted molar refractivity (Wildman–Crippen MR) is 86.2 cm³/mol. The van der Waals surface area contributed by atoms with Crippen LogP contribution in [0.25, 0.3) is 0 Å². The average molecular weight is 335 g/mol. The van der Waals surface area contributed by atoms with Crippen LogP contribution in [0, 0.1) is 5.82 Å². The second kappa shape index (κ2) is 5.62. The summed E-state index contributed by atoms with van der Waals surface area (Å²) in [5, 5.41) is 10.3. The zero-order valence-corrected chi connectivity index (χ0v) is 13.1. The van der Waals surface area contributed by atoms with Gasteiger partial charge in [-0.05, 0) is 12.5 Å². The van der Waals surface area contributed by atoms with Gasteiger partial charge in [0.15, 0.2) is 5.82 Å². The maximum absolute atomic E-state index is 14.3. The van der Waals surface area contributed by atoms with Crippen LogP contribution in [0.4, 0.5) is 15.9 Å². The van der Waals surface area contributed by atoms with Crippen molar-refractivity contribution in [2.75, 3.05) is 22.9 Å². The molecule has 4 heterocycles. The molecule has 0 radical (unpaired) electrons. The van der Waals surface area contributed by atoms with Gasteiger partial charge in [0.25, 0.3) is 0 Å². The van der Waals surface area contributed by atoms with Crippen LogP contribution in [0.1, 0.15) is 12.0 Å². The van der Waals surface area contributed by atoms with Crippen LogP contribution in [-0.2, 0) is 6.54 Å². The zero-order valence-electron chi connectivity index (χ0n) is 12.4. The summed E-state index contributed by atoms with van der Waals surface area (Å²) in [6.45, 7) is 1.65. The number of aromatic nitrogens is 2. The van der Waals surface area contributed by atoms with Gasteiger partial charge >= 0.3 is 0 Å². The number of nitrogens with zero attached hydrogens (tertiary/aromatic N) is 4. The third kappa shape index (κ3) is 2.52. The van der Waals surface area contributed by atoms with Crippen molar-refractivity contribution in [3.8, 4) is 0 Å². The van der Waals surface area contributed by atoms with Crippen LogP contribution >= 0.6 is 11.6 Å². The Hall–Kier alpha value is -1.92. The standard InChI is InChI=1S/C16H16ClFN4O/c17-13-5-19-6-14(18)15(13)21-7-10-2-1-3-20-16(10)22-9-12(23)4-11(22)8-21/h1-3,5-6,11-12,23H,4,7-9H2/t11-,12+/m0/s1. The number of hydrogen-bond acceptors (Lipinski definition) is 5. The van der Waals surface area contributed by atoms with Crippen LogP contribution < -0.4 is 9.80 Å². The van der Waals surface area contributed by atoms with E-state index in [1.807, 2.05) is 17.0 Å². The molecule has 1 N–H and O–H groups in total. The van der Waals surface area contributed by atoms with Crippen LogP contribution in [0.15, 0.2) is 30.7 Å². The maximum Gasteiger partial charge on any atom is 0.166 e. The van der Waals surface area contributed by atoms with E-state index < -0.39 is 11.9 Å². The highest BCUT2D eigenvalue weighted by atomic mass is 35.5. The van der Waals surface area contributed by atoms with Crippen molar-refractivity contribution < 1.29 is 9.50 Å². The summed E-state index contributed by atoms with van der Waals surface area (Å²) in [5.41, 5.74) is 1.36. The molecule has 5 nitrogen and oxygen atoms in total. The highest BCUT2D eigenvalue weighted by molar-refractivity contribution is 6.33. The Kier molecular flexibility index (Phi) is 3.58. The molecular formula is C16H16ClFN4O. The molecule has 2 aliphatic heterocycles. The summed E-state index contributed by atoms with van der Waals surface area (Å²) in [7, 11) is 0. The molecule has 0 saturated carbocycles. The van der Waals surface area contributed by atoms with Crippen molar-refractivity contribution in [2.24, 2.45) is 0 Å². The van der Waals surface area contributed by atoms with E-state index >= 15 is 0 Å². The van der Waals surface area contributed by atoms with Gasteiger partial charge in [0, 0.05) is 37.6 Å². The normalized spacial score (nSPS) is 23.4. The molecule has 2 atom stereocenters. The van der Waals surface area contributed by atoms with Gasteiger partial charge in [-0.2, -0.15) is 0 Å². The van der Waals surface area contributed by atoms with Crippen molar-refractivity contribution in [2.45, 2.75) is 25.1 Å². The molecule has 0 aliphatic carbocycles. The molecule has 1 saturated heterocycles. The second-order valence-electron chi connectivity index (χ2n) is 6.01. The molecule has 1 fully saturated rings. The third-order valence-corrected chi connectivity index (χ3v) is 4.75. The molecule has 7 heteroatoms. The van der Waals surface area contributed by atoms with Gasteiger partial charge in [-0.25, -0.2) is 9.37 Å². The molecule has 0 bridgehead atoms. The quantitative estimate of drug-likeness (QED) is 0.866. The first-order chi connectivity index (χ1) is 11.1. The van der Waals surface area contributed by atoms with Gasteiger partial charge in [0.2, 0.25) is 0 Å². The SMILES string of the molecule is O[C@@H]1C[C@H]2CN(c3c(F)cncc3Cl)Cc3cccnc3N2C1. The molecule has 120 valence electrons. The molecular weight excluding hydrogens is 319 g/mol. The van der Waals surface area contributed by atoms with E-state index in [0.29, 0.717) is 36.8 Å². The topological polar surface area (TPSA) is 52.5 Å². The molecule has 0 aromatic carbocycles. The van der Waals surface area contributed by atoms with Crippen LogP contribution in [-0.4, -0.2) is 40.3 Å². The predicted octanol–water partition coefficient (Wildman–Crippen LogP) is 2.23. The summed E-state index contributed by atoms with van der Waals surface area (Å²) in [6, 6.07) is 3.92. The minimum atomic E-state index is -0.435. The second-order valence-corrected chi connectivity index (χ2v) is 6.42. The number of pyridine rings is 2. The molecule has 4 rings (SSSR count). The molecule has 0 spiro atoms. The fourth-order valence-electron chi connectivity index (χ4n) is 3.54. The molecule has 2 aromatic heterocycles. The van der Waals surface area contributed by atoms with Crippen LogP contribution in [0.3, 0.4) is 0 Å². The maximum atomic E-state index is 14.3. The Bertz CT molecular complexity index is 724. The van der Waals surface area contributed by atoms with Gasteiger partial charge in [0.05, 0.1) is 29.1 Å². The summed E-state index contributed by atoms with van der Waals surface area (Å²) < 4.78 is 14.3. The zero-order chi connectivity index (χ0) is 16.0. The first-order valence-corrected chi connectivity index (χ1v) is 7.94. The molecule has 2 aromatic rings. The smallest absolute Gasteiger partial charge is 0.166 e. The minimum absolute atomic E-state index is 0.0739. The largest absolute Gasteiger partial charge is 0.391 e. The fourth-order valence-corrected chi connectivity index (χ4v) is 3.80. The summed E-state index contributed by atoms with van der Waals surface area (Å²) in [5.74, 6) is 0.428. The third-order valence-electron chi connectivity index (χ3n) is 4.47. The number of rotatable bonds is 1. The summed E-state index contributed by atoms with van der Waals surface area (Å²) >= 11 is 6.19. The van der Waals surface area contributed by atoms with Crippen molar-refractivity contribution in [1.29, 1.82) is 0 Å². The Balaban J connectivity index is 1.80. The number of halogens is 2. The van der Waals surface area contributed by atoms with Crippen molar-refractivity contribution in [3.05, 3.63) is 47.1 Å². The number of aliphatic hydroxyl groups excluding tert-OH is 1. The highest BCUT2D eigenvalue weighted by Crippen LogP contribution is 2.36. The first-order valence-electron chi connectivity index (χ1n) is 7.56. The lowest BCUT2D eigenvalue weighted by Gasteiger charge is -2.28. The van der Waals surface area contributed by atoms with Crippen LogP contribution in [0.2, 0.25) is 5.02 Å². The molecule has 0 unspecified atom stereocenters. The molecule has 23 heavy (non-hydrogen) atoms. The van der Waals surface area contributed by atoms with E-state index in [0.717, 1.165) is 11.4 Å². The van der Waals surface area contributed by atoms with Crippen molar-refractivity contribution >= 4 is 23.1 Å². The lowest BCUT2D eigenvalue weighted by molar-refractivity contribution is 0.194. The van der Waals surface area contributed by atoms with Crippen LogP contribution in [0.5, 0.6) is 0 Å². The van der Waals surface area contributed by atoms with Crippen molar-refractivity contribution in [3.63, 3.8) is 0 Å². The number of anilines is 2. The van der Waals surface area contributed by atoms with Gasteiger partial charge in [-0.3, -0.25) is 4.98 Å². The monoisotopic (exact) mass is 334 g/mol. The summed E-state index contributed by atoms with van der Waals surface area (Å²) in [6.07, 6.45) is 4.62. The highest BCUT2D eigenvalue weighted by Gasteiger charge is 2.37. The summed E-state index contributed by atoms with van der Waals surface area (Å²) in [4.78, 5) is 12.3. The van der Waals surface area contributed by atoms with Gasteiger partial charge < -0.3 is 14.9 Å². The number of fused-ring (bicyclic) bond motifs is 3. The van der Waals surface area contributed by atoms with E-state index in [9.17, 15) is 9.50 Å². The van der Waals surface area contributed by atoms with Gasteiger partial charge in [-0.15, -0.1) is 0 Å². The molecule has 0 amide bonds. The van der Waals surface area contributed by atoms with E-state index in [4.69, 9.17) is 11.6 Å². The van der Waals surface area contributed by atoms with Gasteiger partial charge in [-0.1, -0.05) is 17.7 Å². The van der Waals surface area contributed by atoms with E-state index in [2.05, 4.69) is 14.9 Å². The van der Waals surface area contributed by atoms with E-state index in [1.54, 1.807) is 6.20 Å². The van der Waals surface area contributed by atoms with Gasteiger partial charge in [0.1, 0.15) is 5.82 Å². The Morgan fingerprint density at radius 1 is 1.30 bits per heavy atom.